The Balaban J connectivity index is 1.21. The van der Waals surface area contributed by atoms with E-state index in [2.05, 4.69) is 23.2 Å². The number of carbonyl (C=O) groups excluding carboxylic acids is 1. The summed E-state index contributed by atoms with van der Waals surface area (Å²) < 4.78 is 18.2. The van der Waals surface area contributed by atoms with Crippen LogP contribution in [-0.4, -0.2) is 41.0 Å². The molecule has 1 atom stereocenters. The van der Waals surface area contributed by atoms with Crippen molar-refractivity contribution in [1.29, 1.82) is 0 Å². The van der Waals surface area contributed by atoms with Gasteiger partial charge in [-0.05, 0) is 65.6 Å². The van der Waals surface area contributed by atoms with Crippen LogP contribution in [0.2, 0.25) is 10.0 Å². The average molecular weight is 629 g/mol. The molecule has 1 unspecified atom stereocenters. The van der Waals surface area contributed by atoms with Gasteiger partial charge < -0.3 is 14.2 Å². The van der Waals surface area contributed by atoms with Crippen LogP contribution in [0.25, 0.3) is 27.9 Å². The van der Waals surface area contributed by atoms with Gasteiger partial charge in [-0.15, -0.1) is 0 Å². The van der Waals surface area contributed by atoms with Crippen LogP contribution in [0, 0.1) is 0 Å². The van der Waals surface area contributed by atoms with E-state index in [1.165, 1.54) is 21.7 Å². The second-order valence-electron chi connectivity index (χ2n) is 10.8. The van der Waals surface area contributed by atoms with Gasteiger partial charge >= 0.3 is 0 Å². The first kappa shape index (κ1) is 28.7. The quantitative estimate of drug-likeness (QED) is 0.182. The fourth-order valence-electron chi connectivity index (χ4n) is 6.27. The molecule has 2 aromatic carbocycles. The van der Waals surface area contributed by atoms with E-state index in [1.54, 1.807) is 19.4 Å². The highest BCUT2D eigenvalue weighted by atomic mass is 35.5. The van der Waals surface area contributed by atoms with E-state index < -0.39 is 11.8 Å². The molecule has 4 heterocycles. The summed E-state index contributed by atoms with van der Waals surface area (Å²) in [6.07, 6.45) is 5.42. The lowest BCUT2D eigenvalue weighted by molar-refractivity contribution is -0.0458. The number of ether oxygens (including phenoxy) is 3. The third-order valence-electron chi connectivity index (χ3n) is 8.41. The van der Waals surface area contributed by atoms with Gasteiger partial charge in [0.25, 0.3) is 5.56 Å². The molecule has 44 heavy (non-hydrogen) atoms. The van der Waals surface area contributed by atoms with Crippen molar-refractivity contribution in [3.8, 4) is 28.1 Å². The summed E-state index contributed by atoms with van der Waals surface area (Å²) in [5.74, 6) is 0.692. The Bertz CT molecular complexity index is 1990. The number of rotatable bonds is 7. The molecule has 1 aliphatic carbocycles. The van der Waals surface area contributed by atoms with E-state index in [4.69, 9.17) is 42.4 Å². The van der Waals surface area contributed by atoms with Crippen molar-refractivity contribution in [2.75, 3.05) is 20.3 Å². The smallest absolute Gasteiger partial charge is 0.268 e. The SMILES string of the molecule is COc1nc(CC2CCc3c(-c4cccc(-c5ccn6c(=O)c(C=O)cnc6c5)c4Cl)cccc32)c(Cl)cc1C1OCCO1. The lowest BCUT2D eigenvalue weighted by Gasteiger charge is -2.18. The van der Waals surface area contributed by atoms with Crippen LogP contribution in [0.5, 0.6) is 5.88 Å². The van der Waals surface area contributed by atoms with Crippen molar-refractivity contribution in [3.63, 3.8) is 0 Å². The highest BCUT2D eigenvalue weighted by Gasteiger charge is 2.29. The minimum Gasteiger partial charge on any atom is -0.481 e. The van der Waals surface area contributed by atoms with Crippen LogP contribution < -0.4 is 10.3 Å². The number of halogens is 2. The molecule has 0 N–H and O–H groups in total. The topological polar surface area (TPSA) is 92.0 Å². The van der Waals surface area contributed by atoms with Crippen LogP contribution in [0.1, 0.15) is 51.4 Å². The zero-order valence-electron chi connectivity index (χ0n) is 23.8. The monoisotopic (exact) mass is 627 g/mol. The van der Waals surface area contributed by atoms with Crippen LogP contribution in [0.4, 0.5) is 0 Å². The molecule has 0 amide bonds. The van der Waals surface area contributed by atoms with E-state index >= 15 is 0 Å². The lowest BCUT2D eigenvalue weighted by Crippen LogP contribution is -2.18. The highest BCUT2D eigenvalue weighted by Crippen LogP contribution is 2.45. The minimum atomic E-state index is -0.525. The molecule has 0 radical (unpaired) electrons. The van der Waals surface area contributed by atoms with E-state index in [-0.39, 0.29) is 11.5 Å². The number of hydrogen-bond acceptors (Lipinski definition) is 7. The first-order valence-electron chi connectivity index (χ1n) is 14.3. The molecule has 1 aliphatic heterocycles. The normalized spacial score (nSPS) is 16.4. The molecule has 10 heteroatoms. The standard InChI is InChI=1S/C34H27Cl2N3O5/c1-42-32-27(34-43-12-13-44-34)16-28(35)29(38-32)14-19-8-9-25-22(19)4-2-6-24(25)26-7-3-5-23(31(26)36)20-10-11-39-30(15-20)37-17-21(18-40)33(39)41/h2-7,10-11,15-19,34H,8-9,12-14H2,1H3. The van der Waals surface area contributed by atoms with Crippen molar-refractivity contribution >= 4 is 35.1 Å². The van der Waals surface area contributed by atoms with Gasteiger partial charge in [0.05, 0.1) is 47.2 Å². The number of nitrogens with zero attached hydrogens (tertiary/aromatic N) is 3. The van der Waals surface area contributed by atoms with Gasteiger partial charge in [0.1, 0.15) is 5.65 Å². The summed E-state index contributed by atoms with van der Waals surface area (Å²) >= 11 is 13.8. The van der Waals surface area contributed by atoms with E-state index in [0.29, 0.717) is 53.1 Å². The summed E-state index contributed by atoms with van der Waals surface area (Å²) in [4.78, 5) is 32.8. The molecule has 8 nitrogen and oxygen atoms in total. The summed E-state index contributed by atoms with van der Waals surface area (Å²) in [7, 11) is 1.59. The third-order valence-corrected chi connectivity index (χ3v) is 9.14. The summed E-state index contributed by atoms with van der Waals surface area (Å²) in [6, 6.07) is 17.8. The maximum atomic E-state index is 12.5. The van der Waals surface area contributed by atoms with Gasteiger partial charge in [0, 0.05) is 23.5 Å². The molecule has 7 rings (SSSR count). The van der Waals surface area contributed by atoms with Gasteiger partial charge in [-0.3, -0.25) is 14.0 Å². The molecule has 2 aliphatic rings. The predicted octanol–water partition coefficient (Wildman–Crippen LogP) is 6.87. The zero-order chi connectivity index (χ0) is 30.4. The van der Waals surface area contributed by atoms with Crippen molar-refractivity contribution in [2.24, 2.45) is 0 Å². The van der Waals surface area contributed by atoms with Crippen LogP contribution >= 0.6 is 23.2 Å². The van der Waals surface area contributed by atoms with Crippen LogP contribution in [0.3, 0.4) is 0 Å². The summed E-state index contributed by atoms with van der Waals surface area (Å²) in [5, 5.41) is 1.18. The molecule has 0 spiro atoms. The van der Waals surface area contributed by atoms with Gasteiger partial charge in [-0.25, -0.2) is 9.97 Å². The molecule has 5 aromatic rings. The fourth-order valence-corrected chi connectivity index (χ4v) is 6.85. The largest absolute Gasteiger partial charge is 0.481 e. The number of aromatic nitrogens is 3. The minimum absolute atomic E-state index is 0.00833. The second kappa shape index (κ2) is 11.8. The number of carbonyl (C=O) groups is 1. The van der Waals surface area contributed by atoms with Crippen molar-refractivity contribution in [1.82, 2.24) is 14.4 Å². The van der Waals surface area contributed by atoms with E-state index in [1.807, 2.05) is 30.3 Å². The third kappa shape index (κ3) is 4.98. The fraction of sp³-hybridized carbons (Fsp3) is 0.235. The Labute approximate surface area is 263 Å². The van der Waals surface area contributed by atoms with Gasteiger partial charge in [0.15, 0.2) is 12.6 Å². The Morgan fingerprint density at radius 2 is 1.80 bits per heavy atom. The molecule has 0 saturated carbocycles. The molecule has 1 fully saturated rings. The average Bonchev–Trinajstić information content (AvgIpc) is 3.73. The number of benzene rings is 2. The maximum Gasteiger partial charge on any atom is 0.268 e. The van der Waals surface area contributed by atoms with Gasteiger partial charge in [0.2, 0.25) is 5.88 Å². The number of fused-ring (bicyclic) bond motifs is 2. The second-order valence-corrected chi connectivity index (χ2v) is 11.6. The van der Waals surface area contributed by atoms with Gasteiger partial charge in [-0.1, -0.05) is 59.6 Å². The Morgan fingerprint density at radius 3 is 2.59 bits per heavy atom. The summed E-state index contributed by atoms with van der Waals surface area (Å²) in [6.45, 7) is 1.04. The van der Waals surface area contributed by atoms with Crippen molar-refractivity contribution < 1.29 is 19.0 Å². The Hall–Kier alpha value is -4.08. The van der Waals surface area contributed by atoms with Crippen LogP contribution in [0.15, 0.2) is 71.8 Å². The zero-order valence-corrected chi connectivity index (χ0v) is 25.3. The van der Waals surface area contributed by atoms with Crippen molar-refractivity contribution in [2.45, 2.75) is 31.5 Å². The number of methoxy groups -OCH3 is 1. The molecule has 1 saturated heterocycles. The molecule has 3 aromatic heterocycles. The Morgan fingerprint density at radius 1 is 1.02 bits per heavy atom. The van der Waals surface area contributed by atoms with E-state index in [9.17, 15) is 9.59 Å². The van der Waals surface area contributed by atoms with Gasteiger partial charge in [-0.2, -0.15) is 0 Å². The predicted molar refractivity (Wildman–Crippen MR) is 168 cm³/mol. The van der Waals surface area contributed by atoms with Crippen molar-refractivity contribution in [3.05, 3.63) is 115 Å². The highest BCUT2D eigenvalue weighted by molar-refractivity contribution is 6.36. The molecule has 0 bridgehead atoms. The van der Waals surface area contributed by atoms with Crippen LogP contribution in [-0.2, 0) is 22.3 Å². The summed E-state index contributed by atoms with van der Waals surface area (Å²) in [5.41, 5.74) is 7.69. The Kier molecular flexibility index (Phi) is 7.68. The maximum absolute atomic E-state index is 12.5. The number of pyridine rings is 2. The molecular weight excluding hydrogens is 601 g/mol. The first-order chi connectivity index (χ1) is 21.5. The number of aldehydes is 1. The van der Waals surface area contributed by atoms with E-state index in [0.717, 1.165) is 40.8 Å². The molecular formula is C34H27Cl2N3O5. The number of hydrogen-bond donors (Lipinski definition) is 0. The first-order valence-corrected chi connectivity index (χ1v) is 15.1. The lowest BCUT2D eigenvalue weighted by atomic mass is 9.91. The molecule has 222 valence electrons.